The molecule has 4 heteroatoms. The Balaban J connectivity index is 1.81. The van der Waals surface area contributed by atoms with Crippen molar-refractivity contribution in [3.8, 4) is 11.8 Å². The highest BCUT2D eigenvalue weighted by Gasteiger charge is 2.06. The summed E-state index contributed by atoms with van der Waals surface area (Å²) in [4.78, 5) is 0. The highest BCUT2D eigenvalue weighted by Crippen LogP contribution is 2.24. The number of methoxy groups -OCH3 is 1. The zero-order valence-electron chi connectivity index (χ0n) is 16.8. The molecule has 148 valence electrons. The van der Waals surface area contributed by atoms with Crippen LogP contribution in [0.3, 0.4) is 0 Å². The molecule has 0 N–H and O–H groups in total. The third kappa shape index (κ3) is 7.56. The van der Waals surface area contributed by atoms with Crippen molar-refractivity contribution in [3.63, 3.8) is 0 Å². The Kier molecular flexibility index (Phi) is 9.85. The molecule has 0 atom stereocenters. The second-order valence-corrected chi connectivity index (χ2v) is 6.60. The Labute approximate surface area is 168 Å². The van der Waals surface area contributed by atoms with Crippen LogP contribution in [0.1, 0.15) is 42.9 Å². The second kappa shape index (κ2) is 12.7. The van der Waals surface area contributed by atoms with Gasteiger partial charge in [-0.25, -0.2) is 0 Å². The minimum atomic E-state index is 0.308. The first-order chi connectivity index (χ1) is 13.7. The van der Waals surface area contributed by atoms with E-state index >= 15 is 0 Å². The summed E-state index contributed by atoms with van der Waals surface area (Å²) in [6, 6.07) is 18.5. The molecule has 0 bridgehead atoms. The summed E-state index contributed by atoms with van der Waals surface area (Å²) < 4.78 is 16.0. The average molecular weight is 380 g/mol. The molecule has 0 heterocycles. The van der Waals surface area contributed by atoms with E-state index in [0.717, 1.165) is 36.8 Å². The van der Waals surface area contributed by atoms with E-state index in [1.165, 1.54) is 5.56 Å². The SMILES string of the molecule is COCOCC/C=C(\C)c1ccc(OCCCCc2ccccc2)c(C#N)c1. The first-order valence-electron chi connectivity index (χ1n) is 9.69. The fourth-order valence-electron chi connectivity index (χ4n) is 2.87. The Bertz CT molecular complexity index is 778. The van der Waals surface area contributed by atoms with Gasteiger partial charge in [0, 0.05) is 7.11 Å². The van der Waals surface area contributed by atoms with E-state index in [2.05, 4.69) is 36.4 Å². The predicted octanol–water partition coefficient (Wildman–Crippen LogP) is 5.37. The molecule has 0 aliphatic rings. The minimum absolute atomic E-state index is 0.308. The Morgan fingerprint density at radius 1 is 1.07 bits per heavy atom. The number of benzene rings is 2. The maximum atomic E-state index is 9.47. The fourth-order valence-corrected chi connectivity index (χ4v) is 2.87. The van der Waals surface area contributed by atoms with Crippen LogP contribution >= 0.6 is 0 Å². The van der Waals surface area contributed by atoms with Crippen molar-refractivity contribution in [1.82, 2.24) is 0 Å². The molecule has 0 aromatic heterocycles. The summed E-state index contributed by atoms with van der Waals surface area (Å²) >= 11 is 0. The Morgan fingerprint density at radius 3 is 2.64 bits per heavy atom. The van der Waals surface area contributed by atoms with Crippen molar-refractivity contribution in [1.29, 1.82) is 5.26 Å². The molecular formula is C24H29NO3. The van der Waals surface area contributed by atoms with Crippen molar-refractivity contribution >= 4 is 5.57 Å². The van der Waals surface area contributed by atoms with Crippen molar-refractivity contribution in [2.45, 2.75) is 32.6 Å². The molecule has 0 aliphatic heterocycles. The number of ether oxygens (including phenoxy) is 3. The van der Waals surface area contributed by atoms with Crippen LogP contribution in [0.15, 0.2) is 54.6 Å². The average Bonchev–Trinajstić information content (AvgIpc) is 2.74. The van der Waals surface area contributed by atoms with Crippen LogP contribution < -0.4 is 4.74 Å². The topological polar surface area (TPSA) is 51.5 Å². The number of allylic oxidation sites excluding steroid dienone is 1. The molecule has 4 nitrogen and oxygen atoms in total. The monoisotopic (exact) mass is 379 g/mol. The highest BCUT2D eigenvalue weighted by molar-refractivity contribution is 5.66. The minimum Gasteiger partial charge on any atom is -0.492 e. The van der Waals surface area contributed by atoms with Crippen LogP contribution in [0.2, 0.25) is 0 Å². The number of rotatable bonds is 12. The molecule has 0 radical (unpaired) electrons. The van der Waals surface area contributed by atoms with Gasteiger partial charge in [0.05, 0.1) is 18.8 Å². The van der Waals surface area contributed by atoms with Crippen molar-refractivity contribution in [3.05, 3.63) is 71.3 Å². The van der Waals surface area contributed by atoms with E-state index < -0.39 is 0 Å². The van der Waals surface area contributed by atoms with E-state index in [1.807, 2.05) is 31.2 Å². The lowest BCUT2D eigenvalue weighted by molar-refractivity contribution is -0.0285. The lowest BCUT2D eigenvalue weighted by Gasteiger charge is -2.10. The third-order valence-electron chi connectivity index (χ3n) is 4.43. The van der Waals surface area contributed by atoms with Crippen molar-refractivity contribution < 1.29 is 14.2 Å². The van der Waals surface area contributed by atoms with Gasteiger partial charge in [-0.05, 0) is 61.4 Å². The Hall–Kier alpha value is -2.61. The second-order valence-electron chi connectivity index (χ2n) is 6.60. The number of nitriles is 1. The standard InChI is InChI=1S/C24H29NO3/c1-20(9-8-15-27-19-26-2)22-13-14-24(23(17-22)18-25)28-16-7-6-12-21-10-4-3-5-11-21/h3-5,9-11,13-14,17H,6-8,12,15-16,19H2,1-2H3/b20-9+. The zero-order valence-corrected chi connectivity index (χ0v) is 16.8. The van der Waals surface area contributed by atoms with Crippen molar-refractivity contribution in [2.24, 2.45) is 0 Å². The molecule has 0 amide bonds. The predicted molar refractivity (Wildman–Crippen MR) is 112 cm³/mol. The van der Waals surface area contributed by atoms with Gasteiger partial charge in [-0.3, -0.25) is 0 Å². The summed E-state index contributed by atoms with van der Waals surface area (Å²) in [5, 5.41) is 9.47. The summed E-state index contributed by atoms with van der Waals surface area (Å²) in [6.45, 7) is 3.58. The Morgan fingerprint density at radius 2 is 1.89 bits per heavy atom. The molecule has 2 aromatic carbocycles. The first kappa shape index (κ1) is 21.7. The normalized spacial score (nSPS) is 11.2. The van der Waals surface area contributed by atoms with Gasteiger partial charge in [-0.15, -0.1) is 0 Å². The van der Waals surface area contributed by atoms with E-state index in [9.17, 15) is 5.26 Å². The number of unbranched alkanes of at least 4 members (excludes halogenated alkanes) is 1. The van der Waals surface area contributed by atoms with Crippen molar-refractivity contribution in [2.75, 3.05) is 27.1 Å². The number of nitrogens with zero attached hydrogens (tertiary/aromatic N) is 1. The highest BCUT2D eigenvalue weighted by atomic mass is 16.7. The lowest BCUT2D eigenvalue weighted by atomic mass is 10.0. The van der Waals surface area contributed by atoms with Gasteiger partial charge in [0.25, 0.3) is 0 Å². The van der Waals surface area contributed by atoms with E-state index in [1.54, 1.807) is 7.11 Å². The molecule has 0 aliphatic carbocycles. The molecule has 0 saturated carbocycles. The zero-order chi connectivity index (χ0) is 20.0. The van der Waals surface area contributed by atoms with Gasteiger partial charge in [-0.2, -0.15) is 5.26 Å². The molecule has 0 unspecified atom stereocenters. The first-order valence-corrected chi connectivity index (χ1v) is 9.69. The number of hydrogen-bond acceptors (Lipinski definition) is 4. The maximum absolute atomic E-state index is 9.47. The van der Waals surface area contributed by atoms with Crippen LogP contribution in [0.4, 0.5) is 0 Å². The summed E-state index contributed by atoms with van der Waals surface area (Å²) in [6.07, 6.45) is 5.98. The molecular weight excluding hydrogens is 350 g/mol. The molecule has 0 saturated heterocycles. The largest absolute Gasteiger partial charge is 0.492 e. The molecule has 0 spiro atoms. The summed E-state index contributed by atoms with van der Waals surface area (Å²) in [7, 11) is 1.61. The smallest absolute Gasteiger partial charge is 0.146 e. The summed E-state index contributed by atoms with van der Waals surface area (Å²) in [5.74, 6) is 0.655. The van der Waals surface area contributed by atoms with Crippen LogP contribution in [0.5, 0.6) is 5.75 Å². The third-order valence-corrected chi connectivity index (χ3v) is 4.43. The molecule has 0 fully saturated rings. The van der Waals surface area contributed by atoms with E-state index in [-0.39, 0.29) is 0 Å². The van der Waals surface area contributed by atoms with Gasteiger partial charge >= 0.3 is 0 Å². The quantitative estimate of drug-likeness (QED) is 0.367. The molecule has 2 rings (SSSR count). The van der Waals surface area contributed by atoms with Crippen LogP contribution in [0, 0.1) is 11.3 Å². The fraction of sp³-hybridized carbons (Fsp3) is 0.375. The van der Waals surface area contributed by atoms with Gasteiger partial charge < -0.3 is 14.2 Å². The maximum Gasteiger partial charge on any atom is 0.146 e. The van der Waals surface area contributed by atoms with Crippen LogP contribution in [-0.4, -0.2) is 27.1 Å². The molecule has 2 aromatic rings. The number of hydrogen-bond donors (Lipinski definition) is 0. The van der Waals surface area contributed by atoms with Gasteiger partial charge in [0.2, 0.25) is 0 Å². The van der Waals surface area contributed by atoms with Crippen LogP contribution in [-0.2, 0) is 15.9 Å². The molecule has 28 heavy (non-hydrogen) atoms. The van der Waals surface area contributed by atoms with Crippen LogP contribution in [0.25, 0.3) is 5.57 Å². The van der Waals surface area contributed by atoms with E-state index in [0.29, 0.717) is 31.3 Å². The van der Waals surface area contributed by atoms with Gasteiger partial charge in [0.15, 0.2) is 0 Å². The number of aryl methyl sites for hydroxylation is 1. The van der Waals surface area contributed by atoms with Gasteiger partial charge in [0.1, 0.15) is 18.6 Å². The van der Waals surface area contributed by atoms with Gasteiger partial charge in [-0.1, -0.05) is 42.5 Å². The van der Waals surface area contributed by atoms with E-state index in [4.69, 9.17) is 14.2 Å². The summed E-state index contributed by atoms with van der Waals surface area (Å²) in [5.41, 5.74) is 4.06. The lowest BCUT2D eigenvalue weighted by Crippen LogP contribution is -2.00.